The Hall–Kier alpha value is -3.72. The number of rotatable bonds is 3. The van der Waals surface area contributed by atoms with Crippen LogP contribution >= 0.6 is 0 Å². The van der Waals surface area contributed by atoms with E-state index >= 15 is 0 Å². The Morgan fingerprint density at radius 3 is 1.69 bits per heavy atom. The molecule has 1 nitrogen and oxygen atoms in total. The third-order valence-electron chi connectivity index (χ3n) is 6.69. The first kappa shape index (κ1) is 32.8. The molecule has 4 heteroatoms. The fourth-order valence-electron chi connectivity index (χ4n) is 4.69. The quantitative estimate of drug-likeness (QED) is 0.238. The minimum absolute atomic E-state index is 0. The third-order valence-corrected chi connectivity index (χ3v) is 7.60. The Kier molecular flexibility index (Phi) is 13.0. The fourth-order valence-corrected chi connectivity index (χ4v) is 5.21. The van der Waals surface area contributed by atoms with Gasteiger partial charge in [0.15, 0.2) is 0 Å². The van der Waals surface area contributed by atoms with Gasteiger partial charge in [0.05, 0.1) is 0 Å². The van der Waals surface area contributed by atoms with Gasteiger partial charge in [-0.05, 0) is 29.7 Å². The summed E-state index contributed by atoms with van der Waals surface area (Å²) in [6.07, 6.45) is 1.05. The van der Waals surface area contributed by atoms with Crippen molar-refractivity contribution in [1.29, 1.82) is 0 Å². The maximum absolute atomic E-state index is 9.27. The zero-order valence-electron chi connectivity index (χ0n) is 22.9. The van der Waals surface area contributed by atoms with Crippen molar-refractivity contribution in [3.05, 3.63) is 186 Å². The molecule has 0 atom stereocenters. The van der Waals surface area contributed by atoms with Crippen molar-refractivity contribution in [3.63, 3.8) is 0 Å². The van der Waals surface area contributed by atoms with Crippen molar-refractivity contribution in [2.45, 2.75) is 6.42 Å². The van der Waals surface area contributed by atoms with Gasteiger partial charge in [0, 0.05) is 0 Å². The van der Waals surface area contributed by atoms with Crippen LogP contribution in [-0.2, 0) is 26.4 Å². The van der Waals surface area contributed by atoms with Gasteiger partial charge in [-0.25, -0.2) is 0 Å². The molecule has 0 aliphatic heterocycles. The smallest absolute Gasteiger partial charge is 0.0253 e. The molecule has 0 radical (unpaired) electrons. The molecule has 42 heavy (non-hydrogen) atoms. The summed E-state index contributed by atoms with van der Waals surface area (Å²) >= 11 is 2.16. The van der Waals surface area contributed by atoms with Gasteiger partial charge in [-0.1, -0.05) is 77.9 Å². The molecule has 7 rings (SSSR count). The van der Waals surface area contributed by atoms with Crippen LogP contribution in [0.1, 0.15) is 22.3 Å². The SMILES string of the molecule is Oc1cccc(-c2ccccc2)c1.[Cl-].[Cl-].[Ti+]=[C](c1ccccc1)c1ccccc1.[c-]1cccc2c1Cc1ccccc1-2. The van der Waals surface area contributed by atoms with E-state index in [4.69, 9.17) is 0 Å². The molecular formula is C38H29Cl2OTi-2. The van der Waals surface area contributed by atoms with Crippen molar-refractivity contribution in [1.82, 2.24) is 0 Å². The Morgan fingerprint density at radius 1 is 0.548 bits per heavy atom. The largest absolute Gasteiger partial charge is 0.179 e. The Bertz CT molecular complexity index is 1600. The van der Waals surface area contributed by atoms with E-state index in [2.05, 4.69) is 111 Å². The Balaban J connectivity index is 0.000000169. The van der Waals surface area contributed by atoms with Crippen molar-refractivity contribution >= 4 is 3.81 Å². The monoisotopic (exact) mass is 619 g/mol. The molecule has 1 aliphatic rings. The summed E-state index contributed by atoms with van der Waals surface area (Å²) in [7, 11) is 0. The van der Waals surface area contributed by atoms with Gasteiger partial charge in [0.25, 0.3) is 0 Å². The van der Waals surface area contributed by atoms with E-state index < -0.39 is 0 Å². The summed E-state index contributed by atoms with van der Waals surface area (Å²) in [4.78, 5) is 0. The average Bonchev–Trinajstić information content (AvgIpc) is 3.41. The van der Waals surface area contributed by atoms with Crippen molar-refractivity contribution in [2.24, 2.45) is 0 Å². The first-order valence-corrected chi connectivity index (χ1v) is 14.1. The van der Waals surface area contributed by atoms with Gasteiger partial charge >= 0.3 is 95.6 Å². The molecule has 0 amide bonds. The Labute approximate surface area is 272 Å². The minimum atomic E-state index is 0. The number of benzene rings is 6. The third kappa shape index (κ3) is 8.65. The second kappa shape index (κ2) is 16.7. The second-order valence-corrected chi connectivity index (χ2v) is 10.2. The summed E-state index contributed by atoms with van der Waals surface area (Å²) in [6.45, 7) is 0. The molecule has 6 aromatic carbocycles. The van der Waals surface area contributed by atoms with Crippen LogP contribution in [-0.4, -0.2) is 8.92 Å². The number of hydrogen-bond donors (Lipinski definition) is 1. The van der Waals surface area contributed by atoms with Crippen LogP contribution in [0, 0.1) is 6.07 Å². The first-order chi connectivity index (χ1) is 19.7. The Morgan fingerprint density at radius 2 is 1.07 bits per heavy atom. The van der Waals surface area contributed by atoms with Crippen LogP contribution in [0.2, 0.25) is 0 Å². The second-order valence-electron chi connectivity index (χ2n) is 9.42. The molecule has 0 saturated heterocycles. The van der Waals surface area contributed by atoms with Gasteiger partial charge in [0.1, 0.15) is 5.75 Å². The molecule has 0 aromatic heterocycles. The van der Waals surface area contributed by atoms with E-state index in [0.717, 1.165) is 17.5 Å². The van der Waals surface area contributed by atoms with Gasteiger partial charge in [-0.2, -0.15) is 29.8 Å². The molecule has 0 saturated carbocycles. The van der Waals surface area contributed by atoms with E-state index in [-0.39, 0.29) is 24.8 Å². The summed E-state index contributed by atoms with van der Waals surface area (Å²) in [6, 6.07) is 56.3. The summed E-state index contributed by atoms with van der Waals surface area (Å²) < 4.78 is 1.33. The molecule has 0 spiro atoms. The molecule has 0 unspecified atom stereocenters. The van der Waals surface area contributed by atoms with E-state index in [0.29, 0.717) is 5.75 Å². The summed E-state index contributed by atoms with van der Waals surface area (Å²) in [5.41, 5.74) is 10.3. The number of fused-ring (bicyclic) bond motifs is 3. The predicted octanol–water partition coefficient (Wildman–Crippen LogP) is 2.93. The topological polar surface area (TPSA) is 20.2 Å². The van der Waals surface area contributed by atoms with Gasteiger partial charge < -0.3 is 29.9 Å². The molecule has 6 aromatic rings. The van der Waals surface area contributed by atoms with Crippen molar-refractivity contribution in [3.8, 4) is 28.0 Å². The van der Waals surface area contributed by atoms with E-state index in [1.165, 1.54) is 37.2 Å². The predicted molar refractivity (Wildman–Crippen MR) is 163 cm³/mol. The van der Waals surface area contributed by atoms with Crippen LogP contribution in [0.5, 0.6) is 5.75 Å². The van der Waals surface area contributed by atoms with E-state index in [1.807, 2.05) is 60.7 Å². The molecule has 1 N–H and O–H groups in total. The van der Waals surface area contributed by atoms with Gasteiger partial charge in [0.2, 0.25) is 0 Å². The van der Waals surface area contributed by atoms with Crippen LogP contribution in [0.4, 0.5) is 0 Å². The van der Waals surface area contributed by atoms with E-state index in [9.17, 15) is 5.11 Å². The average molecular weight is 620 g/mol. The first-order valence-electron chi connectivity index (χ1n) is 13.3. The van der Waals surface area contributed by atoms with Gasteiger partial charge in [-0.15, -0.1) is 5.56 Å². The summed E-state index contributed by atoms with van der Waals surface area (Å²) in [5.74, 6) is 0.307. The molecule has 207 valence electrons. The molecular weight excluding hydrogens is 591 g/mol. The maximum atomic E-state index is 9.27. The molecule has 0 heterocycles. The van der Waals surface area contributed by atoms with Crippen molar-refractivity contribution in [2.75, 3.05) is 0 Å². The fraction of sp³-hybridized carbons (Fsp3) is 0.0263. The number of halogens is 2. The standard InChI is InChI=1S/C13H9.C13H10.C12H10O.2ClH.Ti/c1-3-7-12-10(5-1)9-11-6-2-4-8-13(11)12;1-3-7-12(8-4-1)11-13-9-5-2-6-10-13;13-12-8-4-7-11(9-12)10-5-2-1-3-6-10;;;/h1-5,7-8H,9H2;1-10H;1-9,13H;2*1H;/q-1;;;;;+1/p-2. The zero-order chi connectivity index (χ0) is 27.6. The minimum Gasteiger partial charge on any atom is -0.179 e. The number of aromatic hydroxyl groups is 1. The zero-order valence-corrected chi connectivity index (χ0v) is 26.0. The van der Waals surface area contributed by atoms with Crippen LogP contribution < -0.4 is 24.8 Å². The van der Waals surface area contributed by atoms with Crippen LogP contribution in [0.25, 0.3) is 22.3 Å². The summed E-state index contributed by atoms with van der Waals surface area (Å²) in [5, 5.41) is 9.27. The van der Waals surface area contributed by atoms with Crippen LogP contribution in [0.3, 0.4) is 0 Å². The maximum Gasteiger partial charge on any atom is -0.0253 e. The normalized spacial score (nSPS) is 10.1. The van der Waals surface area contributed by atoms with E-state index in [1.54, 1.807) is 12.1 Å². The number of hydrogen-bond acceptors (Lipinski definition) is 1. The number of phenols is 1. The number of phenolic OH excluding ortho intramolecular Hbond substituents is 1. The van der Waals surface area contributed by atoms with Crippen molar-refractivity contribution < 1.29 is 49.9 Å². The molecule has 0 fully saturated rings. The molecule has 0 bridgehead atoms. The van der Waals surface area contributed by atoms with Crippen LogP contribution in [0.15, 0.2) is 158 Å². The molecule has 1 aliphatic carbocycles. The van der Waals surface area contributed by atoms with Gasteiger partial charge in [-0.3, -0.25) is 0 Å².